The molecular formula is C22H31N3O3. The number of aryl methyl sites for hydroxylation is 2. The summed E-state index contributed by atoms with van der Waals surface area (Å²) in [5.41, 5.74) is 4.85. The molecule has 0 radical (unpaired) electrons. The molecule has 0 atom stereocenters. The van der Waals surface area contributed by atoms with Gasteiger partial charge in [0.25, 0.3) is 0 Å². The van der Waals surface area contributed by atoms with Gasteiger partial charge >= 0.3 is 0 Å². The molecule has 152 valence electrons. The van der Waals surface area contributed by atoms with Crippen LogP contribution in [0.2, 0.25) is 0 Å². The summed E-state index contributed by atoms with van der Waals surface area (Å²) >= 11 is 0. The Morgan fingerprint density at radius 3 is 2.21 bits per heavy atom. The van der Waals surface area contributed by atoms with Crippen LogP contribution >= 0.6 is 0 Å². The first-order valence-electron chi connectivity index (χ1n) is 9.32. The van der Waals surface area contributed by atoms with Crippen molar-refractivity contribution in [3.8, 4) is 17.2 Å². The van der Waals surface area contributed by atoms with Crippen molar-refractivity contribution < 1.29 is 14.2 Å². The summed E-state index contributed by atoms with van der Waals surface area (Å²) in [6.07, 6.45) is 0.758. The Hall–Kier alpha value is -2.89. The Balaban J connectivity index is 1.95. The van der Waals surface area contributed by atoms with Gasteiger partial charge in [-0.3, -0.25) is 4.99 Å². The van der Waals surface area contributed by atoms with Gasteiger partial charge in [0, 0.05) is 25.7 Å². The Kier molecular flexibility index (Phi) is 7.99. The zero-order chi connectivity index (χ0) is 20.5. The molecule has 0 aromatic heterocycles. The third-order valence-electron chi connectivity index (χ3n) is 4.64. The molecule has 0 aliphatic heterocycles. The average Bonchev–Trinajstić information content (AvgIpc) is 2.70. The van der Waals surface area contributed by atoms with Crippen LogP contribution in [-0.2, 0) is 13.0 Å². The lowest BCUT2D eigenvalue weighted by Gasteiger charge is -2.17. The van der Waals surface area contributed by atoms with E-state index in [0.29, 0.717) is 23.8 Å². The third kappa shape index (κ3) is 5.31. The molecule has 0 saturated heterocycles. The number of nitrogens with one attached hydrogen (secondary N) is 2. The lowest BCUT2D eigenvalue weighted by atomic mass is 10.1. The number of methoxy groups -OCH3 is 3. The van der Waals surface area contributed by atoms with E-state index in [1.807, 2.05) is 12.1 Å². The molecule has 0 saturated carbocycles. The third-order valence-corrected chi connectivity index (χ3v) is 4.64. The highest BCUT2D eigenvalue weighted by Gasteiger charge is 2.15. The second kappa shape index (κ2) is 10.4. The second-order valence-electron chi connectivity index (χ2n) is 6.53. The van der Waals surface area contributed by atoms with E-state index < -0.39 is 0 Å². The topological polar surface area (TPSA) is 64.1 Å². The molecule has 0 aliphatic rings. The summed E-state index contributed by atoms with van der Waals surface area (Å²) in [5.74, 6) is 2.73. The Morgan fingerprint density at radius 1 is 0.893 bits per heavy atom. The van der Waals surface area contributed by atoms with E-state index in [9.17, 15) is 0 Å². The summed E-state index contributed by atoms with van der Waals surface area (Å²) in [6.45, 7) is 5.67. The van der Waals surface area contributed by atoms with E-state index in [0.717, 1.165) is 24.5 Å². The highest BCUT2D eigenvalue weighted by Crippen LogP contribution is 2.39. The maximum absolute atomic E-state index is 5.54. The average molecular weight is 386 g/mol. The van der Waals surface area contributed by atoms with Crippen molar-refractivity contribution in [3.63, 3.8) is 0 Å². The molecule has 2 N–H and O–H groups in total. The van der Waals surface area contributed by atoms with Crippen LogP contribution in [0.5, 0.6) is 17.2 Å². The monoisotopic (exact) mass is 385 g/mol. The van der Waals surface area contributed by atoms with Crippen LogP contribution in [0.25, 0.3) is 0 Å². The molecule has 0 spiro atoms. The van der Waals surface area contributed by atoms with E-state index in [4.69, 9.17) is 14.2 Å². The number of benzene rings is 2. The predicted octanol–water partition coefficient (Wildman–Crippen LogP) is 3.24. The fourth-order valence-corrected chi connectivity index (χ4v) is 3.12. The molecule has 0 unspecified atom stereocenters. The van der Waals surface area contributed by atoms with Gasteiger partial charge in [-0.2, -0.15) is 0 Å². The number of aliphatic imine (C=N–C) groups is 1. The standard InChI is InChI=1S/C22H31N3O3/c1-15-7-8-18(16(2)13-15)14-25-22(23-3)24-12-11-17-9-10-19(26-4)21(28-6)20(17)27-5/h7-10,13H,11-12,14H2,1-6H3,(H2,23,24,25). The highest BCUT2D eigenvalue weighted by molar-refractivity contribution is 5.79. The predicted molar refractivity (Wildman–Crippen MR) is 114 cm³/mol. The van der Waals surface area contributed by atoms with Crippen LogP contribution in [0.15, 0.2) is 35.3 Å². The first-order chi connectivity index (χ1) is 13.5. The van der Waals surface area contributed by atoms with Gasteiger partial charge in [0.1, 0.15) is 0 Å². The van der Waals surface area contributed by atoms with Crippen molar-refractivity contribution >= 4 is 5.96 Å². The van der Waals surface area contributed by atoms with Gasteiger partial charge in [-0.15, -0.1) is 0 Å². The minimum Gasteiger partial charge on any atom is -0.493 e. The number of ether oxygens (including phenoxy) is 3. The number of hydrogen-bond donors (Lipinski definition) is 2. The number of rotatable bonds is 8. The lowest BCUT2D eigenvalue weighted by Crippen LogP contribution is -2.38. The van der Waals surface area contributed by atoms with E-state index in [-0.39, 0.29) is 0 Å². The first kappa shape index (κ1) is 21.4. The molecule has 6 heteroatoms. The molecule has 2 aromatic carbocycles. The van der Waals surface area contributed by atoms with Gasteiger partial charge in [-0.1, -0.05) is 29.8 Å². The van der Waals surface area contributed by atoms with Crippen molar-refractivity contribution in [1.82, 2.24) is 10.6 Å². The fourth-order valence-electron chi connectivity index (χ4n) is 3.12. The minimum atomic E-state index is 0.611. The van der Waals surface area contributed by atoms with Crippen molar-refractivity contribution in [2.45, 2.75) is 26.8 Å². The number of hydrogen-bond acceptors (Lipinski definition) is 4. The molecule has 2 aromatic rings. The van der Waals surface area contributed by atoms with E-state index in [2.05, 4.69) is 47.7 Å². The van der Waals surface area contributed by atoms with E-state index in [1.54, 1.807) is 28.4 Å². The molecular weight excluding hydrogens is 354 g/mol. The summed E-state index contributed by atoms with van der Waals surface area (Å²) in [5, 5.41) is 6.71. The lowest BCUT2D eigenvalue weighted by molar-refractivity contribution is 0.322. The molecule has 0 fully saturated rings. The van der Waals surface area contributed by atoms with Crippen molar-refractivity contribution in [2.75, 3.05) is 34.9 Å². The highest BCUT2D eigenvalue weighted by atomic mass is 16.5. The molecule has 6 nitrogen and oxygen atoms in total. The van der Waals surface area contributed by atoms with Gasteiger partial charge < -0.3 is 24.8 Å². The van der Waals surface area contributed by atoms with Crippen LogP contribution in [-0.4, -0.2) is 40.9 Å². The minimum absolute atomic E-state index is 0.611. The summed E-state index contributed by atoms with van der Waals surface area (Å²) in [6, 6.07) is 10.4. The normalized spacial score (nSPS) is 11.1. The summed E-state index contributed by atoms with van der Waals surface area (Å²) < 4.78 is 16.3. The maximum atomic E-state index is 5.54. The first-order valence-corrected chi connectivity index (χ1v) is 9.32. The van der Waals surface area contributed by atoms with Gasteiger partial charge in [0.2, 0.25) is 5.75 Å². The van der Waals surface area contributed by atoms with Crippen LogP contribution in [0.4, 0.5) is 0 Å². The van der Waals surface area contributed by atoms with E-state index >= 15 is 0 Å². The molecule has 0 amide bonds. The zero-order valence-corrected chi connectivity index (χ0v) is 17.7. The Labute approximate surface area is 167 Å². The van der Waals surface area contributed by atoms with Gasteiger partial charge in [-0.05, 0) is 37.5 Å². The smallest absolute Gasteiger partial charge is 0.203 e. The van der Waals surface area contributed by atoms with Crippen LogP contribution < -0.4 is 24.8 Å². The van der Waals surface area contributed by atoms with Crippen molar-refractivity contribution in [3.05, 3.63) is 52.6 Å². The van der Waals surface area contributed by atoms with Crippen LogP contribution in [0, 0.1) is 13.8 Å². The van der Waals surface area contributed by atoms with Gasteiger partial charge in [0.15, 0.2) is 17.5 Å². The van der Waals surface area contributed by atoms with Gasteiger partial charge in [-0.25, -0.2) is 0 Å². The molecule has 28 heavy (non-hydrogen) atoms. The SMILES string of the molecule is CN=C(NCCc1ccc(OC)c(OC)c1OC)NCc1ccc(C)cc1C. The van der Waals surface area contributed by atoms with E-state index in [1.165, 1.54) is 16.7 Å². The Bertz CT molecular complexity index is 819. The maximum Gasteiger partial charge on any atom is 0.203 e. The van der Waals surface area contributed by atoms with Crippen molar-refractivity contribution in [1.29, 1.82) is 0 Å². The Morgan fingerprint density at radius 2 is 1.61 bits per heavy atom. The summed E-state index contributed by atoms with van der Waals surface area (Å²) in [4.78, 5) is 4.30. The largest absolute Gasteiger partial charge is 0.493 e. The van der Waals surface area contributed by atoms with Crippen molar-refractivity contribution in [2.24, 2.45) is 4.99 Å². The summed E-state index contributed by atoms with van der Waals surface area (Å²) in [7, 11) is 6.64. The zero-order valence-electron chi connectivity index (χ0n) is 17.7. The quantitative estimate of drug-likeness (QED) is 0.540. The molecule has 0 bridgehead atoms. The second-order valence-corrected chi connectivity index (χ2v) is 6.53. The fraction of sp³-hybridized carbons (Fsp3) is 0.409. The number of guanidine groups is 1. The van der Waals surface area contributed by atoms with Crippen LogP contribution in [0.3, 0.4) is 0 Å². The van der Waals surface area contributed by atoms with Gasteiger partial charge in [0.05, 0.1) is 21.3 Å². The molecule has 0 aliphatic carbocycles. The molecule has 2 rings (SSSR count). The number of nitrogens with zero attached hydrogens (tertiary/aromatic N) is 1. The van der Waals surface area contributed by atoms with Crippen LogP contribution in [0.1, 0.15) is 22.3 Å². The molecule has 0 heterocycles.